The van der Waals surface area contributed by atoms with E-state index < -0.39 is 0 Å². The van der Waals surface area contributed by atoms with Crippen molar-refractivity contribution in [3.63, 3.8) is 0 Å². The zero-order valence-corrected chi connectivity index (χ0v) is 30.9. The SMILES string of the molecule is Cc1c(COc2cc(OCc3cncc(C#N)c3)c(CNCCO)cc2Cl)cccc1-c1cccc(-n2cnc3cc(CNCCO)ccc3c2=O)c1C. The molecule has 54 heavy (non-hydrogen) atoms. The lowest BCUT2D eigenvalue weighted by molar-refractivity contribution is 0.282. The molecule has 0 saturated heterocycles. The Morgan fingerprint density at radius 3 is 2.33 bits per heavy atom. The summed E-state index contributed by atoms with van der Waals surface area (Å²) in [5.74, 6) is 0.996. The molecule has 0 amide bonds. The van der Waals surface area contributed by atoms with E-state index in [-0.39, 0.29) is 32.0 Å². The number of aliphatic hydroxyl groups excluding tert-OH is 2. The Morgan fingerprint density at radius 1 is 0.815 bits per heavy atom. The van der Waals surface area contributed by atoms with Crippen LogP contribution in [-0.4, -0.2) is 51.1 Å². The first kappa shape index (κ1) is 38.1. The van der Waals surface area contributed by atoms with Crippen molar-refractivity contribution in [3.05, 3.63) is 146 Å². The molecule has 0 aliphatic carbocycles. The van der Waals surface area contributed by atoms with E-state index in [0.29, 0.717) is 59.2 Å². The number of halogens is 1. The van der Waals surface area contributed by atoms with Crippen LogP contribution in [0.4, 0.5) is 0 Å². The Hall–Kier alpha value is -5.61. The Labute approximate surface area is 318 Å². The van der Waals surface area contributed by atoms with Crippen LogP contribution in [0.1, 0.15) is 38.9 Å². The largest absolute Gasteiger partial charge is 0.488 e. The van der Waals surface area contributed by atoms with Crippen LogP contribution in [0.3, 0.4) is 0 Å². The molecule has 0 aliphatic heterocycles. The van der Waals surface area contributed by atoms with Crippen LogP contribution in [0.2, 0.25) is 5.02 Å². The van der Waals surface area contributed by atoms with E-state index >= 15 is 0 Å². The van der Waals surface area contributed by atoms with Gasteiger partial charge in [0.25, 0.3) is 5.56 Å². The quantitative estimate of drug-likeness (QED) is 0.0880. The normalized spacial score (nSPS) is 11.1. The third-order valence-electron chi connectivity index (χ3n) is 9.16. The molecule has 0 atom stereocenters. The van der Waals surface area contributed by atoms with Crippen molar-refractivity contribution in [2.75, 3.05) is 26.3 Å². The number of ether oxygens (including phenoxy) is 2. The fourth-order valence-corrected chi connectivity index (χ4v) is 6.51. The predicted octanol–water partition coefficient (Wildman–Crippen LogP) is 5.91. The fraction of sp³-hybridized carbons (Fsp3) is 0.238. The minimum absolute atomic E-state index is 0.00808. The molecule has 6 aromatic rings. The van der Waals surface area contributed by atoms with E-state index in [4.69, 9.17) is 26.2 Å². The van der Waals surface area contributed by atoms with E-state index in [0.717, 1.165) is 50.2 Å². The van der Waals surface area contributed by atoms with Gasteiger partial charge in [-0.15, -0.1) is 0 Å². The lowest BCUT2D eigenvalue weighted by Gasteiger charge is -2.18. The first-order valence-electron chi connectivity index (χ1n) is 17.6. The van der Waals surface area contributed by atoms with Gasteiger partial charge in [-0.3, -0.25) is 14.3 Å². The maximum Gasteiger partial charge on any atom is 0.265 e. The van der Waals surface area contributed by atoms with Crippen molar-refractivity contribution in [2.45, 2.75) is 40.2 Å². The summed E-state index contributed by atoms with van der Waals surface area (Å²) in [7, 11) is 0. The van der Waals surface area contributed by atoms with E-state index in [9.17, 15) is 15.2 Å². The second-order valence-corrected chi connectivity index (χ2v) is 13.2. The van der Waals surface area contributed by atoms with Gasteiger partial charge in [0.2, 0.25) is 0 Å². The van der Waals surface area contributed by atoms with Crippen LogP contribution in [0.15, 0.2) is 96.3 Å². The lowest BCUT2D eigenvalue weighted by Crippen LogP contribution is -2.20. The van der Waals surface area contributed by atoms with Gasteiger partial charge in [0.05, 0.1) is 40.4 Å². The summed E-state index contributed by atoms with van der Waals surface area (Å²) in [5, 5.41) is 34.9. The van der Waals surface area contributed by atoms with Crippen LogP contribution >= 0.6 is 11.6 Å². The van der Waals surface area contributed by atoms with Crippen LogP contribution in [-0.2, 0) is 26.3 Å². The number of aromatic nitrogens is 3. The number of pyridine rings is 1. The Morgan fingerprint density at radius 2 is 1.56 bits per heavy atom. The summed E-state index contributed by atoms with van der Waals surface area (Å²) in [6, 6.07) is 24.9. The third-order valence-corrected chi connectivity index (χ3v) is 9.46. The van der Waals surface area contributed by atoms with Gasteiger partial charge < -0.3 is 30.3 Å². The number of nitrogens with zero attached hydrogens (tertiary/aromatic N) is 4. The van der Waals surface area contributed by atoms with E-state index in [2.05, 4.69) is 32.7 Å². The summed E-state index contributed by atoms with van der Waals surface area (Å²) < 4.78 is 14.1. The second-order valence-electron chi connectivity index (χ2n) is 12.8. The molecule has 4 N–H and O–H groups in total. The monoisotopic (exact) mass is 744 g/mol. The minimum Gasteiger partial charge on any atom is -0.488 e. The molecule has 0 saturated carbocycles. The maximum atomic E-state index is 13.7. The van der Waals surface area contributed by atoms with Gasteiger partial charge in [-0.05, 0) is 77.6 Å². The molecule has 11 nitrogen and oxygen atoms in total. The van der Waals surface area contributed by atoms with Gasteiger partial charge >= 0.3 is 0 Å². The van der Waals surface area contributed by atoms with Crippen molar-refractivity contribution < 1.29 is 19.7 Å². The van der Waals surface area contributed by atoms with Crippen molar-refractivity contribution in [1.82, 2.24) is 25.2 Å². The molecule has 0 spiro atoms. The zero-order valence-electron chi connectivity index (χ0n) is 30.1. The molecule has 0 unspecified atom stereocenters. The molecule has 2 heterocycles. The summed E-state index contributed by atoms with van der Waals surface area (Å²) in [6.07, 6.45) is 4.73. The molecule has 12 heteroatoms. The number of hydrogen-bond acceptors (Lipinski definition) is 10. The summed E-state index contributed by atoms with van der Waals surface area (Å²) in [4.78, 5) is 22.5. The highest BCUT2D eigenvalue weighted by atomic mass is 35.5. The molecule has 6 rings (SSSR count). The van der Waals surface area contributed by atoms with Gasteiger partial charge in [0, 0.05) is 55.8 Å². The number of hydrogen-bond donors (Lipinski definition) is 4. The molecule has 276 valence electrons. The fourth-order valence-electron chi connectivity index (χ4n) is 6.27. The molecular formula is C42H41ClN6O5. The molecular weight excluding hydrogens is 704 g/mol. The zero-order chi connectivity index (χ0) is 38.0. The van der Waals surface area contributed by atoms with Gasteiger partial charge in [-0.2, -0.15) is 5.26 Å². The first-order chi connectivity index (χ1) is 26.3. The number of fused-ring (bicyclic) bond motifs is 1. The summed E-state index contributed by atoms with van der Waals surface area (Å²) >= 11 is 6.74. The topological polar surface area (TPSA) is 155 Å². The first-order valence-corrected chi connectivity index (χ1v) is 17.9. The molecule has 4 aromatic carbocycles. The predicted molar refractivity (Wildman–Crippen MR) is 209 cm³/mol. The lowest BCUT2D eigenvalue weighted by atomic mass is 9.93. The molecule has 0 radical (unpaired) electrons. The van der Waals surface area contributed by atoms with E-state index in [1.54, 1.807) is 41.4 Å². The maximum absolute atomic E-state index is 13.7. The Balaban J connectivity index is 1.24. The van der Waals surface area contributed by atoms with Crippen molar-refractivity contribution in [1.29, 1.82) is 5.26 Å². The number of rotatable bonds is 16. The summed E-state index contributed by atoms with van der Waals surface area (Å²) in [6.45, 7) is 6.40. The molecule has 0 aliphatic rings. The van der Waals surface area contributed by atoms with Gasteiger partial charge in [0.15, 0.2) is 0 Å². The van der Waals surface area contributed by atoms with Gasteiger partial charge in [0.1, 0.15) is 37.1 Å². The van der Waals surface area contributed by atoms with Gasteiger partial charge in [-0.1, -0.05) is 48.0 Å². The van der Waals surface area contributed by atoms with Crippen molar-refractivity contribution in [2.24, 2.45) is 0 Å². The average molecular weight is 745 g/mol. The highest BCUT2D eigenvalue weighted by Crippen LogP contribution is 2.36. The third kappa shape index (κ3) is 8.77. The number of benzene rings is 4. The Bertz CT molecular complexity index is 2370. The van der Waals surface area contributed by atoms with Crippen molar-refractivity contribution in [3.8, 4) is 34.4 Å². The number of nitrogens with one attached hydrogen (secondary N) is 2. The average Bonchev–Trinajstić information content (AvgIpc) is 3.18. The van der Waals surface area contributed by atoms with Crippen LogP contribution < -0.4 is 25.7 Å². The van der Waals surface area contributed by atoms with Gasteiger partial charge in [-0.25, -0.2) is 4.98 Å². The smallest absolute Gasteiger partial charge is 0.265 e. The molecule has 0 fully saturated rings. The minimum atomic E-state index is -0.156. The van der Waals surface area contributed by atoms with Crippen molar-refractivity contribution >= 4 is 22.5 Å². The number of nitriles is 1. The highest BCUT2D eigenvalue weighted by molar-refractivity contribution is 6.32. The van der Waals surface area contributed by atoms with E-state index in [1.165, 1.54) is 6.20 Å². The summed E-state index contributed by atoms with van der Waals surface area (Å²) in [5.41, 5.74) is 9.05. The standard InChI is InChI=1S/C42H41ClN6O5/c1-27-32(25-54-41-18-40(33(17-37(41)43)23-46-12-14-51)53-24-31-15-30(19-44)21-47-22-31)5-3-6-34(27)35-7-4-8-39(28(35)2)49-26-48-38-16-29(20-45-11-13-50)9-10-36(38)42(49)52/h3-10,15-18,21-22,26,45-46,50-51H,11-14,20,23-25H2,1-2H3. The Kier molecular flexibility index (Phi) is 12.7. The highest BCUT2D eigenvalue weighted by Gasteiger charge is 2.16. The van der Waals surface area contributed by atoms with Crippen LogP contribution in [0, 0.1) is 25.2 Å². The molecule has 2 aromatic heterocycles. The van der Waals surface area contributed by atoms with Crippen LogP contribution in [0.5, 0.6) is 11.5 Å². The van der Waals surface area contributed by atoms with E-state index in [1.807, 2.05) is 56.3 Å². The van der Waals surface area contributed by atoms with Crippen LogP contribution in [0.25, 0.3) is 27.7 Å². The number of aliphatic hydroxyl groups is 2. The second kappa shape index (κ2) is 17.9. The molecule has 0 bridgehead atoms.